The second kappa shape index (κ2) is 5.52. The third kappa shape index (κ3) is 6.63. The molecule has 0 amide bonds. The van der Waals surface area contributed by atoms with Crippen LogP contribution in [0.25, 0.3) is 0 Å². The first-order chi connectivity index (χ1) is 5.16. The lowest BCUT2D eigenvalue weighted by Crippen LogP contribution is -2.06. The quantitative estimate of drug-likeness (QED) is 0.485. The molecule has 0 saturated heterocycles. The van der Waals surface area contributed by atoms with Crippen molar-refractivity contribution in [2.45, 2.75) is 12.8 Å². The first-order valence-electron chi connectivity index (χ1n) is 3.09. The average molecular weight is 162 g/mol. The molecule has 0 spiro atoms. The van der Waals surface area contributed by atoms with Crippen LogP contribution in [-0.2, 0) is 14.3 Å². The monoisotopic (exact) mass is 162 g/mol. The molecule has 5 heteroatoms. The number of carboxylic acid groups (broad SMARTS) is 1. The second-order valence-electron chi connectivity index (χ2n) is 1.80. The van der Waals surface area contributed by atoms with Gasteiger partial charge in [0.2, 0.25) is 0 Å². The zero-order valence-corrected chi connectivity index (χ0v) is 6.20. The Morgan fingerprint density at radius 1 is 1.45 bits per heavy atom. The van der Waals surface area contributed by atoms with Gasteiger partial charge in [-0.15, -0.1) is 0 Å². The summed E-state index contributed by atoms with van der Waals surface area (Å²) in [7, 11) is 1.19. The van der Waals surface area contributed by atoms with Crippen molar-refractivity contribution < 1.29 is 24.2 Å². The van der Waals surface area contributed by atoms with E-state index in [1.54, 1.807) is 0 Å². The second-order valence-corrected chi connectivity index (χ2v) is 1.80. The van der Waals surface area contributed by atoms with Crippen LogP contribution in [0.3, 0.4) is 0 Å². The Morgan fingerprint density at radius 3 is 2.55 bits per heavy atom. The molecule has 0 rings (SSSR count). The number of carboxylic acids is 1. The Kier molecular flexibility index (Phi) is 4.89. The van der Waals surface area contributed by atoms with Crippen molar-refractivity contribution in [1.29, 1.82) is 0 Å². The van der Waals surface area contributed by atoms with Crippen molar-refractivity contribution in [3.8, 4) is 0 Å². The minimum atomic E-state index is -0.904. The molecular formula is C6H10O5. The summed E-state index contributed by atoms with van der Waals surface area (Å²) in [6.07, 6.45) is -0.475. The number of ether oxygens (including phenoxy) is 2. The summed E-state index contributed by atoms with van der Waals surface area (Å²) in [5, 5.41) is 8.16. The van der Waals surface area contributed by atoms with Gasteiger partial charge >= 0.3 is 12.1 Å². The first kappa shape index (κ1) is 9.74. The minimum Gasteiger partial charge on any atom is -0.481 e. The van der Waals surface area contributed by atoms with Crippen LogP contribution in [0, 0.1) is 0 Å². The third-order valence-corrected chi connectivity index (χ3v) is 0.922. The van der Waals surface area contributed by atoms with Crippen molar-refractivity contribution >= 4 is 12.1 Å². The number of carbonyl (C=O) groups excluding carboxylic acids is 1. The van der Waals surface area contributed by atoms with Crippen LogP contribution in [0.15, 0.2) is 0 Å². The van der Waals surface area contributed by atoms with Crippen molar-refractivity contribution in [2.75, 3.05) is 13.7 Å². The molecule has 0 aliphatic rings. The zero-order valence-electron chi connectivity index (χ0n) is 6.20. The first-order valence-corrected chi connectivity index (χ1v) is 3.09. The van der Waals surface area contributed by atoms with Gasteiger partial charge in [-0.25, -0.2) is 4.79 Å². The molecule has 0 heterocycles. The van der Waals surface area contributed by atoms with Gasteiger partial charge in [-0.1, -0.05) is 0 Å². The molecule has 0 aromatic rings. The van der Waals surface area contributed by atoms with Gasteiger partial charge in [-0.05, 0) is 6.42 Å². The lowest BCUT2D eigenvalue weighted by Gasteiger charge is -1.99. The van der Waals surface area contributed by atoms with E-state index in [0.29, 0.717) is 6.42 Å². The molecule has 0 bridgehead atoms. The Balaban J connectivity index is 3.14. The molecule has 64 valence electrons. The summed E-state index contributed by atoms with van der Waals surface area (Å²) in [4.78, 5) is 20.2. The minimum absolute atomic E-state index is 0.00298. The highest BCUT2D eigenvalue weighted by atomic mass is 16.7. The van der Waals surface area contributed by atoms with Crippen molar-refractivity contribution in [2.24, 2.45) is 0 Å². The molecule has 0 fully saturated rings. The van der Waals surface area contributed by atoms with E-state index in [1.165, 1.54) is 7.11 Å². The average Bonchev–Trinajstić information content (AvgIpc) is 1.97. The summed E-state index contributed by atoms with van der Waals surface area (Å²) in [6, 6.07) is 0. The third-order valence-electron chi connectivity index (χ3n) is 0.922. The Hall–Kier alpha value is -1.26. The molecule has 0 aliphatic carbocycles. The molecule has 0 atom stereocenters. The SMILES string of the molecule is COC(=O)OCCCC(=O)O. The molecule has 11 heavy (non-hydrogen) atoms. The van der Waals surface area contributed by atoms with Gasteiger partial charge in [-0.2, -0.15) is 0 Å². The molecule has 0 aliphatic heterocycles. The number of hydrogen-bond acceptors (Lipinski definition) is 4. The van der Waals surface area contributed by atoms with Gasteiger partial charge < -0.3 is 14.6 Å². The van der Waals surface area contributed by atoms with Gasteiger partial charge in [0.05, 0.1) is 13.7 Å². The van der Waals surface area contributed by atoms with Crippen LogP contribution < -0.4 is 0 Å². The van der Waals surface area contributed by atoms with Crippen LogP contribution in [0.4, 0.5) is 4.79 Å². The highest BCUT2D eigenvalue weighted by Crippen LogP contribution is 1.91. The normalized spacial score (nSPS) is 8.82. The van der Waals surface area contributed by atoms with E-state index in [2.05, 4.69) is 9.47 Å². The molecular weight excluding hydrogens is 152 g/mol. The standard InChI is InChI=1S/C6H10O5/c1-10-6(9)11-4-2-3-5(7)8/h2-4H2,1H3,(H,7,8). The molecule has 5 nitrogen and oxygen atoms in total. The molecule has 0 aromatic heterocycles. The topological polar surface area (TPSA) is 72.8 Å². The van der Waals surface area contributed by atoms with Crippen molar-refractivity contribution in [3.63, 3.8) is 0 Å². The summed E-state index contributed by atoms with van der Waals surface area (Å²) >= 11 is 0. The zero-order chi connectivity index (χ0) is 8.69. The fraction of sp³-hybridized carbons (Fsp3) is 0.667. The van der Waals surface area contributed by atoms with Crippen LogP contribution >= 0.6 is 0 Å². The number of carbonyl (C=O) groups is 2. The van der Waals surface area contributed by atoms with E-state index in [9.17, 15) is 9.59 Å². The lowest BCUT2D eigenvalue weighted by molar-refractivity contribution is -0.137. The molecule has 0 aromatic carbocycles. The van der Waals surface area contributed by atoms with Gasteiger partial charge in [-0.3, -0.25) is 4.79 Å². The maximum Gasteiger partial charge on any atom is 0.507 e. The molecule has 0 unspecified atom stereocenters. The van der Waals surface area contributed by atoms with Crippen LogP contribution in [0.1, 0.15) is 12.8 Å². The molecule has 0 saturated carbocycles. The van der Waals surface area contributed by atoms with E-state index < -0.39 is 12.1 Å². The largest absolute Gasteiger partial charge is 0.507 e. The fourth-order valence-corrected chi connectivity index (χ4v) is 0.438. The Labute approximate surface area is 63.9 Å². The fourth-order valence-electron chi connectivity index (χ4n) is 0.438. The van der Waals surface area contributed by atoms with Gasteiger partial charge in [0.1, 0.15) is 0 Å². The predicted molar refractivity (Wildman–Crippen MR) is 35.2 cm³/mol. The summed E-state index contributed by atoms with van der Waals surface area (Å²) in [5.74, 6) is -0.904. The number of aliphatic carboxylic acids is 1. The smallest absolute Gasteiger partial charge is 0.481 e. The number of rotatable bonds is 4. The molecule has 1 N–H and O–H groups in total. The van der Waals surface area contributed by atoms with Crippen molar-refractivity contribution in [3.05, 3.63) is 0 Å². The number of methoxy groups -OCH3 is 1. The summed E-state index contributed by atoms with van der Waals surface area (Å²) in [6.45, 7) is 0.0823. The maximum atomic E-state index is 10.3. The van der Waals surface area contributed by atoms with Crippen LogP contribution in [-0.4, -0.2) is 30.9 Å². The van der Waals surface area contributed by atoms with E-state index >= 15 is 0 Å². The highest BCUT2D eigenvalue weighted by Gasteiger charge is 2.00. The van der Waals surface area contributed by atoms with Crippen LogP contribution in [0.5, 0.6) is 0 Å². The van der Waals surface area contributed by atoms with Crippen molar-refractivity contribution in [1.82, 2.24) is 0 Å². The summed E-state index contributed by atoms with van der Waals surface area (Å²) < 4.78 is 8.57. The van der Waals surface area contributed by atoms with Gasteiger partial charge in [0.25, 0.3) is 0 Å². The summed E-state index contributed by atoms with van der Waals surface area (Å²) in [5.41, 5.74) is 0. The molecule has 0 radical (unpaired) electrons. The van der Waals surface area contributed by atoms with E-state index in [1.807, 2.05) is 0 Å². The Morgan fingerprint density at radius 2 is 2.09 bits per heavy atom. The van der Waals surface area contributed by atoms with E-state index in [4.69, 9.17) is 5.11 Å². The van der Waals surface area contributed by atoms with Gasteiger partial charge in [0.15, 0.2) is 0 Å². The Bertz CT molecular complexity index is 142. The van der Waals surface area contributed by atoms with Gasteiger partial charge in [0, 0.05) is 6.42 Å². The predicted octanol–water partition coefficient (Wildman–Crippen LogP) is 0.634. The van der Waals surface area contributed by atoms with E-state index in [-0.39, 0.29) is 13.0 Å². The number of hydrogen-bond donors (Lipinski definition) is 1. The van der Waals surface area contributed by atoms with E-state index in [0.717, 1.165) is 0 Å². The van der Waals surface area contributed by atoms with Crippen LogP contribution in [0.2, 0.25) is 0 Å². The highest BCUT2D eigenvalue weighted by molar-refractivity contribution is 5.66. The maximum absolute atomic E-state index is 10.3. The lowest BCUT2D eigenvalue weighted by atomic mass is 10.3.